The number of carbonyl (C=O) groups is 1. The van der Waals surface area contributed by atoms with Crippen LogP contribution in [0.15, 0.2) is 24.3 Å². The molecule has 0 saturated carbocycles. The number of hydrogen-bond acceptors (Lipinski definition) is 4. The fraction of sp³-hybridized carbons (Fsp3) is 0.533. The molecule has 0 aliphatic carbocycles. The summed E-state index contributed by atoms with van der Waals surface area (Å²) in [5, 5.41) is 12.0. The Balaban J connectivity index is 2.27. The average molecular weight is 280 g/mol. The van der Waals surface area contributed by atoms with Crippen molar-refractivity contribution in [2.24, 2.45) is 5.92 Å². The van der Waals surface area contributed by atoms with E-state index in [-0.39, 0.29) is 25.0 Å². The number of nitrogens with one attached hydrogen (secondary N) is 1. The summed E-state index contributed by atoms with van der Waals surface area (Å²) in [5.74, 6) is 1.01. The molecule has 4 N–H and O–H groups in total. The van der Waals surface area contributed by atoms with Gasteiger partial charge >= 0.3 is 0 Å². The molecule has 0 aliphatic heterocycles. The largest absolute Gasteiger partial charge is 0.493 e. The molecule has 0 spiro atoms. The maximum Gasteiger partial charge on any atom is 0.223 e. The van der Waals surface area contributed by atoms with E-state index in [1.807, 2.05) is 0 Å². The molecule has 112 valence electrons. The second kappa shape index (κ2) is 8.43. The quantitative estimate of drug-likeness (QED) is 0.631. The molecule has 1 amide bonds. The molecule has 0 aromatic heterocycles. The van der Waals surface area contributed by atoms with Gasteiger partial charge in [0.1, 0.15) is 5.75 Å². The third-order valence-electron chi connectivity index (χ3n) is 2.82. The van der Waals surface area contributed by atoms with Gasteiger partial charge in [-0.1, -0.05) is 13.8 Å². The Hall–Kier alpha value is -1.75. The Morgan fingerprint density at radius 3 is 2.55 bits per heavy atom. The number of aliphatic hydroxyl groups excluding tert-OH is 1. The molecule has 0 heterocycles. The molecular weight excluding hydrogens is 256 g/mol. The number of nitrogens with two attached hydrogens (primary N) is 1. The highest BCUT2D eigenvalue weighted by Gasteiger charge is 2.12. The van der Waals surface area contributed by atoms with Gasteiger partial charge in [0.05, 0.1) is 25.7 Å². The number of aliphatic hydroxyl groups is 1. The minimum absolute atomic E-state index is 0.0389. The van der Waals surface area contributed by atoms with Gasteiger partial charge in [0.2, 0.25) is 5.91 Å². The van der Waals surface area contributed by atoms with Crippen molar-refractivity contribution in [3.8, 4) is 5.75 Å². The van der Waals surface area contributed by atoms with Crippen molar-refractivity contribution in [2.75, 3.05) is 18.9 Å². The van der Waals surface area contributed by atoms with Crippen molar-refractivity contribution in [3.63, 3.8) is 0 Å². The van der Waals surface area contributed by atoms with Crippen LogP contribution in [0.2, 0.25) is 0 Å². The first-order valence-corrected chi connectivity index (χ1v) is 6.89. The first-order valence-electron chi connectivity index (χ1n) is 6.89. The van der Waals surface area contributed by atoms with Crippen LogP contribution in [0, 0.1) is 5.92 Å². The zero-order valence-electron chi connectivity index (χ0n) is 12.1. The van der Waals surface area contributed by atoms with Gasteiger partial charge in [0.25, 0.3) is 0 Å². The zero-order valence-corrected chi connectivity index (χ0v) is 12.1. The Kier molecular flexibility index (Phi) is 6.87. The summed E-state index contributed by atoms with van der Waals surface area (Å²) in [7, 11) is 0. The highest BCUT2D eigenvalue weighted by atomic mass is 16.5. The van der Waals surface area contributed by atoms with E-state index in [4.69, 9.17) is 10.5 Å². The van der Waals surface area contributed by atoms with E-state index < -0.39 is 0 Å². The molecule has 1 aromatic carbocycles. The number of rotatable bonds is 8. The first-order chi connectivity index (χ1) is 9.51. The van der Waals surface area contributed by atoms with Crippen molar-refractivity contribution < 1.29 is 14.6 Å². The van der Waals surface area contributed by atoms with Gasteiger partial charge in [-0.25, -0.2) is 0 Å². The summed E-state index contributed by atoms with van der Waals surface area (Å²) in [6, 6.07) is 6.85. The fourth-order valence-electron chi connectivity index (χ4n) is 1.87. The van der Waals surface area contributed by atoms with Crippen molar-refractivity contribution in [1.29, 1.82) is 0 Å². The molecule has 1 aromatic rings. The van der Waals surface area contributed by atoms with E-state index in [9.17, 15) is 9.90 Å². The van der Waals surface area contributed by atoms with E-state index in [0.29, 0.717) is 24.0 Å². The van der Waals surface area contributed by atoms with Crippen molar-refractivity contribution in [2.45, 2.75) is 32.7 Å². The van der Waals surface area contributed by atoms with Crippen molar-refractivity contribution >= 4 is 11.6 Å². The van der Waals surface area contributed by atoms with Gasteiger partial charge < -0.3 is 20.9 Å². The molecular formula is C15H24N2O3. The van der Waals surface area contributed by atoms with Gasteiger partial charge in [-0.3, -0.25) is 4.79 Å². The summed E-state index contributed by atoms with van der Waals surface area (Å²) in [6.45, 7) is 4.37. The minimum atomic E-state index is -0.181. The smallest absolute Gasteiger partial charge is 0.223 e. The summed E-state index contributed by atoms with van der Waals surface area (Å²) in [4.78, 5) is 11.7. The second-order valence-corrected chi connectivity index (χ2v) is 5.24. The van der Waals surface area contributed by atoms with Crippen LogP contribution in [0.5, 0.6) is 5.75 Å². The predicted octanol–water partition coefficient (Wildman–Crippen LogP) is 1.56. The van der Waals surface area contributed by atoms with Crippen LogP contribution in [0.1, 0.15) is 26.7 Å². The van der Waals surface area contributed by atoms with Crippen LogP contribution in [0.4, 0.5) is 5.69 Å². The van der Waals surface area contributed by atoms with E-state index >= 15 is 0 Å². The predicted molar refractivity (Wildman–Crippen MR) is 79.4 cm³/mol. The van der Waals surface area contributed by atoms with Crippen molar-refractivity contribution in [3.05, 3.63) is 24.3 Å². The molecule has 1 atom stereocenters. The lowest BCUT2D eigenvalue weighted by Gasteiger charge is -2.18. The van der Waals surface area contributed by atoms with Crippen LogP contribution < -0.4 is 15.8 Å². The Bertz CT molecular complexity index is 404. The first kappa shape index (κ1) is 16.3. The number of nitrogen functional groups attached to an aromatic ring is 1. The normalized spacial score (nSPS) is 12.2. The molecule has 0 aliphatic rings. The van der Waals surface area contributed by atoms with Gasteiger partial charge in [-0.2, -0.15) is 0 Å². The third kappa shape index (κ3) is 6.43. The number of benzene rings is 1. The number of carbonyl (C=O) groups excluding carboxylic acids is 1. The van der Waals surface area contributed by atoms with E-state index in [0.717, 1.165) is 6.42 Å². The molecule has 20 heavy (non-hydrogen) atoms. The average Bonchev–Trinajstić information content (AvgIpc) is 2.39. The maximum absolute atomic E-state index is 11.7. The summed E-state index contributed by atoms with van der Waals surface area (Å²) in [6.07, 6.45) is 1.03. The lowest BCUT2D eigenvalue weighted by Crippen LogP contribution is -2.38. The summed E-state index contributed by atoms with van der Waals surface area (Å²) >= 11 is 0. The lowest BCUT2D eigenvalue weighted by atomic mass is 10.0. The number of amides is 1. The summed E-state index contributed by atoms with van der Waals surface area (Å²) < 4.78 is 5.45. The van der Waals surface area contributed by atoms with Crippen LogP contribution in [0.25, 0.3) is 0 Å². The van der Waals surface area contributed by atoms with Gasteiger partial charge in [0.15, 0.2) is 0 Å². The maximum atomic E-state index is 11.7. The van der Waals surface area contributed by atoms with Gasteiger partial charge in [0, 0.05) is 5.69 Å². The Morgan fingerprint density at radius 1 is 1.35 bits per heavy atom. The number of anilines is 1. The van der Waals surface area contributed by atoms with Gasteiger partial charge in [-0.15, -0.1) is 0 Å². The van der Waals surface area contributed by atoms with E-state index in [1.165, 1.54) is 0 Å². The van der Waals surface area contributed by atoms with E-state index in [1.54, 1.807) is 24.3 Å². The standard InChI is InChI=1S/C15H24N2O3/c1-11(2)9-13(10-18)17-15(19)7-8-20-14-5-3-12(16)4-6-14/h3-6,11,13,18H,7-10,16H2,1-2H3,(H,17,19). The number of ether oxygens (including phenoxy) is 1. The van der Waals surface area contributed by atoms with Crippen molar-refractivity contribution in [1.82, 2.24) is 5.32 Å². The van der Waals surface area contributed by atoms with Crippen LogP contribution in [0.3, 0.4) is 0 Å². The SMILES string of the molecule is CC(C)CC(CO)NC(=O)CCOc1ccc(N)cc1. The zero-order chi connectivity index (χ0) is 15.0. The van der Waals surface area contributed by atoms with Crippen LogP contribution in [-0.4, -0.2) is 30.3 Å². The number of hydrogen-bond donors (Lipinski definition) is 3. The lowest BCUT2D eigenvalue weighted by molar-refractivity contribution is -0.122. The Morgan fingerprint density at radius 2 is 2.00 bits per heavy atom. The molecule has 5 heteroatoms. The van der Waals surface area contributed by atoms with E-state index in [2.05, 4.69) is 19.2 Å². The van der Waals surface area contributed by atoms with Crippen LogP contribution in [-0.2, 0) is 4.79 Å². The van der Waals surface area contributed by atoms with Gasteiger partial charge in [-0.05, 0) is 36.6 Å². The molecule has 1 unspecified atom stereocenters. The summed E-state index contributed by atoms with van der Waals surface area (Å²) in [5.41, 5.74) is 6.25. The monoisotopic (exact) mass is 280 g/mol. The Labute approximate surface area is 120 Å². The molecule has 0 radical (unpaired) electrons. The minimum Gasteiger partial charge on any atom is -0.493 e. The molecule has 0 fully saturated rings. The second-order valence-electron chi connectivity index (χ2n) is 5.24. The fourth-order valence-corrected chi connectivity index (χ4v) is 1.87. The molecule has 0 bridgehead atoms. The highest BCUT2D eigenvalue weighted by molar-refractivity contribution is 5.76. The van der Waals surface area contributed by atoms with Crippen LogP contribution >= 0.6 is 0 Å². The highest BCUT2D eigenvalue weighted by Crippen LogP contribution is 2.13. The third-order valence-corrected chi connectivity index (χ3v) is 2.82. The molecule has 0 saturated heterocycles. The molecule has 5 nitrogen and oxygen atoms in total. The topological polar surface area (TPSA) is 84.6 Å². The molecule has 1 rings (SSSR count).